The summed E-state index contributed by atoms with van der Waals surface area (Å²) in [6.45, 7) is 4.30. The fourth-order valence-electron chi connectivity index (χ4n) is 2.21. The number of nitrogens with one attached hydrogen (secondary N) is 1. The van der Waals surface area contributed by atoms with E-state index in [4.69, 9.17) is 0 Å². The van der Waals surface area contributed by atoms with E-state index in [1.54, 1.807) is 37.0 Å². The highest BCUT2D eigenvalue weighted by Crippen LogP contribution is 2.26. The first kappa shape index (κ1) is 14.7. The third kappa shape index (κ3) is 2.72. The Hall–Kier alpha value is -1.75. The van der Waals surface area contributed by atoms with Crippen LogP contribution < -0.4 is 5.32 Å². The molecule has 0 radical (unpaired) electrons. The summed E-state index contributed by atoms with van der Waals surface area (Å²) in [5.41, 5.74) is 1.43. The molecule has 3 nitrogen and oxygen atoms in total. The fourth-order valence-corrected chi connectivity index (χ4v) is 2.21. The van der Waals surface area contributed by atoms with Crippen LogP contribution in [-0.4, -0.2) is 16.3 Å². The third-order valence-corrected chi connectivity index (χ3v) is 3.37. The molecule has 0 aliphatic carbocycles. The predicted octanol–water partition coefficient (Wildman–Crippen LogP) is 3.10. The maximum absolute atomic E-state index is 14.2. The van der Waals surface area contributed by atoms with Gasteiger partial charge in [0.2, 0.25) is 0 Å². The van der Waals surface area contributed by atoms with E-state index >= 15 is 0 Å². The quantitative estimate of drug-likeness (QED) is 0.911. The van der Waals surface area contributed by atoms with E-state index in [1.807, 2.05) is 13.0 Å². The van der Waals surface area contributed by atoms with E-state index in [1.165, 1.54) is 0 Å². The molecule has 0 aliphatic rings. The highest BCUT2D eigenvalue weighted by atomic mass is 19.2. The van der Waals surface area contributed by atoms with Crippen LogP contribution in [0.1, 0.15) is 36.2 Å². The highest BCUT2D eigenvalue weighted by Gasteiger charge is 2.22. The zero-order chi connectivity index (χ0) is 14.7. The molecule has 1 unspecified atom stereocenters. The van der Waals surface area contributed by atoms with Gasteiger partial charge in [-0.25, -0.2) is 8.78 Å². The van der Waals surface area contributed by atoms with Crippen LogP contribution in [0.15, 0.2) is 24.4 Å². The van der Waals surface area contributed by atoms with Gasteiger partial charge < -0.3 is 5.32 Å². The standard InChI is InChI=1S/C15H19F2N3/c1-4-8-18-15(12-7-9-19-20(12)3)11-6-5-10(2)13(16)14(11)17/h5-7,9,15,18H,4,8H2,1-3H3. The molecule has 2 rings (SSSR count). The van der Waals surface area contributed by atoms with E-state index < -0.39 is 17.7 Å². The molecule has 0 fully saturated rings. The monoisotopic (exact) mass is 279 g/mol. The molecule has 1 atom stereocenters. The summed E-state index contributed by atoms with van der Waals surface area (Å²) < 4.78 is 29.7. The van der Waals surface area contributed by atoms with Gasteiger partial charge in [0, 0.05) is 18.8 Å². The zero-order valence-corrected chi connectivity index (χ0v) is 12.0. The first-order valence-corrected chi connectivity index (χ1v) is 6.72. The molecule has 0 amide bonds. The molecule has 20 heavy (non-hydrogen) atoms. The third-order valence-electron chi connectivity index (χ3n) is 3.37. The maximum Gasteiger partial charge on any atom is 0.164 e. The van der Waals surface area contributed by atoms with E-state index in [0.717, 1.165) is 12.1 Å². The topological polar surface area (TPSA) is 29.9 Å². The number of aryl methyl sites for hydroxylation is 2. The van der Waals surface area contributed by atoms with Crippen LogP contribution in [0.5, 0.6) is 0 Å². The molecule has 1 aromatic heterocycles. The van der Waals surface area contributed by atoms with Crippen molar-refractivity contribution in [3.63, 3.8) is 0 Å². The van der Waals surface area contributed by atoms with Gasteiger partial charge in [0.15, 0.2) is 11.6 Å². The number of hydrogen-bond acceptors (Lipinski definition) is 2. The van der Waals surface area contributed by atoms with Crippen molar-refractivity contribution in [1.29, 1.82) is 0 Å². The lowest BCUT2D eigenvalue weighted by Crippen LogP contribution is -2.26. The van der Waals surface area contributed by atoms with Crippen molar-refractivity contribution < 1.29 is 8.78 Å². The lowest BCUT2D eigenvalue weighted by Gasteiger charge is -2.20. The van der Waals surface area contributed by atoms with Crippen molar-refractivity contribution in [1.82, 2.24) is 15.1 Å². The van der Waals surface area contributed by atoms with Gasteiger partial charge in [-0.05, 0) is 31.5 Å². The van der Waals surface area contributed by atoms with Crippen LogP contribution in [0.25, 0.3) is 0 Å². The van der Waals surface area contributed by atoms with Gasteiger partial charge in [-0.2, -0.15) is 5.10 Å². The number of aromatic nitrogens is 2. The van der Waals surface area contributed by atoms with Crippen molar-refractivity contribution in [3.8, 4) is 0 Å². The molecular formula is C15H19F2N3. The summed E-state index contributed by atoms with van der Waals surface area (Å²) in [6, 6.07) is 4.64. The number of benzene rings is 1. The highest BCUT2D eigenvalue weighted by molar-refractivity contribution is 5.32. The Bertz CT molecular complexity index is 593. The minimum Gasteiger partial charge on any atom is -0.305 e. The molecule has 0 saturated heterocycles. The Balaban J connectivity index is 2.47. The van der Waals surface area contributed by atoms with Gasteiger partial charge in [-0.3, -0.25) is 4.68 Å². The second-order valence-electron chi connectivity index (χ2n) is 4.87. The molecule has 0 aliphatic heterocycles. The van der Waals surface area contributed by atoms with Crippen LogP contribution in [0, 0.1) is 18.6 Å². The minimum atomic E-state index is -0.792. The van der Waals surface area contributed by atoms with E-state index in [9.17, 15) is 8.78 Å². The summed E-state index contributed by atoms with van der Waals surface area (Å²) in [4.78, 5) is 0. The molecule has 108 valence electrons. The van der Waals surface area contributed by atoms with Crippen molar-refractivity contribution in [3.05, 3.63) is 52.9 Å². The Morgan fingerprint density at radius 1 is 1.25 bits per heavy atom. The molecule has 2 aromatic rings. The van der Waals surface area contributed by atoms with Crippen LogP contribution in [0.4, 0.5) is 8.78 Å². The molecule has 1 aromatic carbocycles. The van der Waals surface area contributed by atoms with Crippen LogP contribution >= 0.6 is 0 Å². The van der Waals surface area contributed by atoms with Gasteiger partial charge >= 0.3 is 0 Å². The number of hydrogen-bond donors (Lipinski definition) is 1. The average Bonchev–Trinajstić information content (AvgIpc) is 2.85. The largest absolute Gasteiger partial charge is 0.305 e. The van der Waals surface area contributed by atoms with Crippen LogP contribution in [0.3, 0.4) is 0 Å². The summed E-state index contributed by atoms with van der Waals surface area (Å²) in [5.74, 6) is -1.58. The van der Waals surface area contributed by atoms with E-state index in [0.29, 0.717) is 17.7 Å². The molecule has 1 N–H and O–H groups in total. The summed E-state index contributed by atoms with van der Waals surface area (Å²) in [5, 5.41) is 7.35. The molecule has 0 bridgehead atoms. The van der Waals surface area contributed by atoms with Crippen molar-refractivity contribution in [2.75, 3.05) is 6.54 Å². The SMILES string of the molecule is CCCNC(c1ccc(C)c(F)c1F)c1ccnn1C. The molecule has 5 heteroatoms. The smallest absolute Gasteiger partial charge is 0.164 e. The average molecular weight is 279 g/mol. The zero-order valence-electron chi connectivity index (χ0n) is 12.0. The minimum absolute atomic E-state index is 0.310. The second-order valence-corrected chi connectivity index (χ2v) is 4.87. The Morgan fingerprint density at radius 2 is 2.00 bits per heavy atom. The Morgan fingerprint density at radius 3 is 2.60 bits per heavy atom. The van der Waals surface area contributed by atoms with Gasteiger partial charge in [0.05, 0.1) is 11.7 Å². The Labute approximate surface area is 117 Å². The van der Waals surface area contributed by atoms with Gasteiger partial charge in [0.1, 0.15) is 0 Å². The Kier molecular flexibility index (Phi) is 4.49. The number of halogens is 2. The summed E-state index contributed by atoms with van der Waals surface area (Å²) >= 11 is 0. The summed E-state index contributed by atoms with van der Waals surface area (Å²) in [7, 11) is 1.79. The number of nitrogens with zero attached hydrogens (tertiary/aromatic N) is 2. The predicted molar refractivity (Wildman–Crippen MR) is 74.4 cm³/mol. The molecule has 0 spiro atoms. The lowest BCUT2D eigenvalue weighted by atomic mass is 10.0. The number of rotatable bonds is 5. The molecule has 0 saturated carbocycles. The second kappa shape index (κ2) is 6.13. The molecule has 1 heterocycles. The van der Waals surface area contributed by atoms with Gasteiger partial charge in [-0.15, -0.1) is 0 Å². The van der Waals surface area contributed by atoms with Crippen molar-refractivity contribution in [2.45, 2.75) is 26.3 Å². The van der Waals surface area contributed by atoms with Gasteiger partial charge in [-0.1, -0.05) is 19.1 Å². The van der Waals surface area contributed by atoms with E-state index in [-0.39, 0.29) is 0 Å². The summed E-state index contributed by atoms with van der Waals surface area (Å²) in [6.07, 6.45) is 2.56. The first-order chi connectivity index (χ1) is 9.56. The van der Waals surface area contributed by atoms with Crippen LogP contribution in [0.2, 0.25) is 0 Å². The molecular weight excluding hydrogens is 260 g/mol. The van der Waals surface area contributed by atoms with Crippen molar-refractivity contribution in [2.24, 2.45) is 7.05 Å². The first-order valence-electron chi connectivity index (χ1n) is 6.72. The van der Waals surface area contributed by atoms with Crippen LogP contribution in [-0.2, 0) is 7.05 Å². The van der Waals surface area contributed by atoms with Gasteiger partial charge in [0.25, 0.3) is 0 Å². The van der Waals surface area contributed by atoms with Crippen molar-refractivity contribution >= 4 is 0 Å². The maximum atomic E-state index is 14.2. The fraction of sp³-hybridized carbons (Fsp3) is 0.400. The van der Waals surface area contributed by atoms with E-state index in [2.05, 4.69) is 10.4 Å². The lowest BCUT2D eigenvalue weighted by molar-refractivity contribution is 0.468. The normalized spacial score (nSPS) is 12.7.